The predicted octanol–water partition coefficient (Wildman–Crippen LogP) is 1.67. The molecule has 1 aliphatic rings. The van der Waals surface area contributed by atoms with Gasteiger partial charge in [-0.05, 0) is 19.3 Å². The van der Waals surface area contributed by atoms with Crippen molar-refractivity contribution < 1.29 is 9.84 Å². The molecule has 0 amide bonds. The summed E-state index contributed by atoms with van der Waals surface area (Å²) < 4.78 is 5.56. The van der Waals surface area contributed by atoms with Crippen LogP contribution in [0.1, 0.15) is 25.3 Å². The Kier molecular flexibility index (Phi) is 5.36. The summed E-state index contributed by atoms with van der Waals surface area (Å²) in [5.41, 5.74) is 1.01. The monoisotopic (exact) mass is 285 g/mol. The number of hydrogen-bond donors (Lipinski definition) is 1. The highest BCUT2D eigenvalue weighted by atomic mass is 35.5. The molecule has 6 heteroatoms. The highest BCUT2D eigenvalue weighted by Crippen LogP contribution is 2.26. The number of piperidine rings is 1. The second kappa shape index (κ2) is 7.03. The standard InChI is InChI=1S/C13H20ClN3O2/c1-2-11-12(14)15-9-16-13(11)17-5-3-10(4-6-17)19-8-7-18/h9-10,18H,2-8H2,1H3. The van der Waals surface area contributed by atoms with Crippen LogP contribution < -0.4 is 4.90 Å². The van der Waals surface area contributed by atoms with E-state index >= 15 is 0 Å². The van der Waals surface area contributed by atoms with E-state index in [0.717, 1.165) is 43.7 Å². The summed E-state index contributed by atoms with van der Waals surface area (Å²) in [7, 11) is 0. The number of nitrogens with zero attached hydrogens (tertiary/aromatic N) is 3. The molecule has 0 aliphatic carbocycles. The van der Waals surface area contributed by atoms with Crippen LogP contribution in [0.15, 0.2) is 6.33 Å². The summed E-state index contributed by atoms with van der Waals surface area (Å²) in [4.78, 5) is 10.6. The summed E-state index contributed by atoms with van der Waals surface area (Å²) in [5.74, 6) is 0.947. The Morgan fingerprint density at radius 1 is 1.42 bits per heavy atom. The van der Waals surface area contributed by atoms with Gasteiger partial charge in [0.05, 0.1) is 19.3 Å². The molecule has 1 aromatic heterocycles. The Bertz CT molecular complexity index is 409. The lowest BCUT2D eigenvalue weighted by molar-refractivity contribution is 0.0158. The van der Waals surface area contributed by atoms with E-state index < -0.39 is 0 Å². The second-order valence-electron chi connectivity index (χ2n) is 4.60. The van der Waals surface area contributed by atoms with Crippen molar-refractivity contribution in [2.24, 2.45) is 0 Å². The van der Waals surface area contributed by atoms with Crippen molar-refractivity contribution in [3.05, 3.63) is 17.0 Å². The van der Waals surface area contributed by atoms with Gasteiger partial charge in [0.2, 0.25) is 0 Å². The lowest BCUT2D eigenvalue weighted by atomic mass is 10.1. The van der Waals surface area contributed by atoms with Crippen LogP contribution >= 0.6 is 11.6 Å². The van der Waals surface area contributed by atoms with Crippen LogP contribution in [0, 0.1) is 0 Å². The van der Waals surface area contributed by atoms with E-state index in [2.05, 4.69) is 21.8 Å². The molecule has 19 heavy (non-hydrogen) atoms. The number of anilines is 1. The smallest absolute Gasteiger partial charge is 0.137 e. The highest BCUT2D eigenvalue weighted by molar-refractivity contribution is 6.30. The van der Waals surface area contributed by atoms with Gasteiger partial charge in [0.1, 0.15) is 17.3 Å². The van der Waals surface area contributed by atoms with Crippen LogP contribution in [-0.4, -0.2) is 47.5 Å². The van der Waals surface area contributed by atoms with Gasteiger partial charge in [-0.3, -0.25) is 0 Å². The predicted molar refractivity (Wildman–Crippen MR) is 74.7 cm³/mol. The minimum Gasteiger partial charge on any atom is -0.394 e. The minimum absolute atomic E-state index is 0.0850. The van der Waals surface area contributed by atoms with Crippen LogP contribution in [0.2, 0.25) is 5.15 Å². The molecule has 1 aromatic rings. The zero-order valence-electron chi connectivity index (χ0n) is 11.2. The number of ether oxygens (including phenoxy) is 1. The summed E-state index contributed by atoms with van der Waals surface area (Å²) in [6, 6.07) is 0. The van der Waals surface area contributed by atoms with Crippen LogP contribution in [0.25, 0.3) is 0 Å². The van der Waals surface area contributed by atoms with E-state index in [1.807, 2.05) is 0 Å². The third kappa shape index (κ3) is 3.55. The van der Waals surface area contributed by atoms with Gasteiger partial charge in [-0.2, -0.15) is 0 Å². The first-order valence-corrected chi connectivity index (χ1v) is 7.10. The number of halogens is 1. The molecule has 1 N–H and O–H groups in total. The van der Waals surface area contributed by atoms with Crippen molar-refractivity contribution in [2.45, 2.75) is 32.3 Å². The largest absolute Gasteiger partial charge is 0.394 e. The first-order chi connectivity index (χ1) is 9.26. The van der Waals surface area contributed by atoms with Gasteiger partial charge >= 0.3 is 0 Å². The molecule has 0 aromatic carbocycles. The fourth-order valence-electron chi connectivity index (χ4n) is 2.41. The third-order valence-electron chi connectivity index (χ3n) is 3.41. The molecule has 1 saturated heterocycles. The molecule has 1 fully saturated rings. The van der Waals surface area contributed by atoms with Crippen molar-refractivity contribution in [3.8, 4) is 0 Å². The van der Waals surface area contributed by atoms with Crippen molar-refractivity contribution in [2.75, 3.05) is 31.2 Å². The zero-order valence-corrected chi connectivity index (χ0v) is 11.9. The van der Waals surface area contributed by atoms with E-state index in [1.54, 1.807) is 0 Å². The summed E-state index contributed by atoms with van der Waals surface area (Å²) in [5, 5.41) is 9.31. The minimum atomic E-state index is 0.0850. The highest BCUT2D eigenvalue weighted by Gasteiger charge is 2.22. The van der Waals surface area contributed by atoms with Gasteiger partial charge in [0.25, 0.3) is 0 Å². The van der Waals surface area contributed by atoms with Crippen molar-refractivity contribution in [3.63, 3.8) is 0 Å². The zero-order chi connectivity index (χ0) is 13.7. The van der Waals surface area contributed by atoms with E-state index in [9.17, 15) is 0 Å². The maximum Gasteiger partial charge on any atom is 0.137 e. The fourth-order valence-corrected chi connectivity index (χ4v) is 2.67. The van der Waals surface area contributed by atoms with Gasteiger partial charge in [0, 0.05) is 18.7 Å². The van der Waals surface area contributed by atoms with Gasteiger partial charge in [-0.1, -0.05) is 18.5 Å². The SMILES string of the molecule is CCc1c(Cl)ncnc1N1CCC(OCCO)CC1. The molecule has 0 saturated carbocycles. The van der Waals surface area contributed by atoms with Gasteiger partial charge in [-0.15, -0.1) is 0 Å². The van der Waals surface area contributed by atoms with Crippen LogP contribution in [-0.2, 0) is 11.2 Å². The Morgan fingerprint density at radius 2 is 2.16 bits per heavy atom. The fraction of sp³-hybridized carbons (Fsp3) is 0.692. The normalized spacial score (nSPS) is 16.9. The summed E-state index contributed by atoms with van der Waals surface area (Å²) >= 11 is 6.12. The Balaban J connectivity index is 1.99. The van der Waals surface area contributed by atoms with Crippen molar-refractivity contribution in [1.29, 1.82) is 0 Å². The lowest BCUT2D eigenvalue weighted by Gasteiger charge is -2.33. The molecule has 0 unspecified atom stereocenters. The maximum absolute atomic E-state index is 8.76. The molecule has 0 atom stereocenters. The topological polar surface area (TPSA) is 58.5 Å². The van der Waals surface area contributed by atoms with Gasteiger partial charge in [-0.25, -0.2) is 9.97 Å². The number of aromatic nitrogens is 2. The summed E-state index contributed by atoms with van der Waals surface area (Å²) in [6.45, 7) is 4.37. The van der Waals surface area contributed by atoms with E-state index in [-0.39, 0.29) is 12.7 Å². The molecule has 2 rings (SSSR count). The van der Waals surface area contributed by atoms with Gasteiger partial charge < -0.3 is 14.7 Å². The van der Waals surface area contributed by atoms with Crippen LogP contribution in [0.3, 0.4) is 0 Å². The van der Waals surface area contributed by atoms with E-state index in [0.29, 0.717) is 11.8 Å². The maximum atomic E-state index is 8.76. The van der Waals surface area contributed by atoms with Crippen molar-refractivity contribution in [1.82, 2.24) is 9.97 Å². The Hall–Kier alpha value is -0.910. The van der Waals surface area contributed by atoms with Gasteiger partial charge in [0.15, 0.2) is 0 Å². The quantitative estimate of drug-likeness (QED) is 0.834. The second-order valence-corrected chi connectivity index (χ2v) is 4.96. The first kappa shape index (κ1) is 14.5. The lowest BCUT2D eigenvalue weighted by Crippen LogP contribution is -2.38. The Labute approximate surface area is 118 Å². The van der Waals surface area contributed by atoms with Crippen molar-refractivity contribution >= 4 is 17.4 Å². The molecule has 106 valence electrons. The molecule has 2 heterocycles. The summed E-state index contributed by atoms with van der Waals surface area (Å²) in [6.07, 6.45) is 4.49. The van der Waals surface area contributed by atoms with E-state index in [4.69, 9.17) is 21.4 Å². The number of hydrogen-bond acceptors (Lipinski definition) is 5. The average molecular weight is 286 g/mol. The molecular weight excluding hydrogens is 266 g/mol. The average Bonchev–Trinajstić information content (AvgIpc) is 2.45. The third-order valence-corrected chi connectivity index (χ3v) is 3.74. The van der Waals surface area contributed by atoms with E-state index in [1.165, 1.54) is 6.33 Å². The Morgan fingerprint density at radius 3 is 2.79 bits per heavy atom. The van der Waals surface area contributed by atoms with Crippen LogP contribution in [0.5, 0.6) is 0 Å². The molecule has 0 radical (unpaired) electrons. The molecule has 5 nitrogen and oxygen atoms in total. The molecule has 0 bridgehead atoms. The number of aliphatic hydroxyl groups excluding tert-OH is 1. The first-order valence-electron chi connectivity index (χ1n) is 6.73. The van der Waals surface area contributed by atoms with Crippen LogP contribution in [0.4, 0.5) is 5.82 Å². The number of rotatable bonds is 5. The molecule has 1 aliphatic heterocycles. The number of aliphatic hydroxyl groups is 1. The molecule has 0 spiro atoms. The molecular formula is C13H20ClN3O2.